The van der Waals surface area contributed by atoms with Crippen molar-refractivity contribution >= 4 is 28.3 Å². The number of aromatic nitrogens is 2. The van der Waals surface area contributed by atoms with Crippen molar-refractivity contribution in [1.29, 1.82) is 0 Å². The Morgan fingerprint density at radius 2 is 1.82 bits per heavy atom. The van der Waals surface area contributed by atoms with Crippen LogP contribution in [0.5, 0.6) is 0 Å². The van der Waals surface area contributed by atoms with Gasteiger partial charge in [0.2, 0.25) is 0 Å². The molecule has 0 spiro atoms. The van der Waals surface area contributed by atoms with Gasteiger partial charge in [0.05, 0.1) is 15.9 Å². The molecule has 0 aliphatic rings. The first-order valence-electron chi connectivity index (χ1n) is 10.6. The number of carbonyl (C=O) groups is 1. The minimum Gasteiger partial charge on any atom is -0.351 e. The number of aryl methyl sites for hydroxylation is 1. The zero-order valence-corrected chi connectivity index (χ0v) is 17.6. The van der Waals surface area contributed by atoms with Crippen LogP contribution < -0.4 is 5.32 Å². The van der Waals surface area contributed by atoms with Gasteiger partial charge in [-0.2, -0.15) is 0 Å². The third-order valence-electron chi connectivity index (χ3n) is 5.10. The van der Waals surface area contributed by atoms with Gasteiger partial charge in [0.15, 0.2) is 0 Å². The highest BCUT2D eigenvalue weighted by atomic mass is 32.1. The molecule has 2 aromatic heterocycles. The van der Waals surface area contributed by atoms with Crippen molar-refractivity contribution in [2.45, 2.75) is 64.8 Å². The molecule has 1 aromatic carbocycles. The minimum absolute atomic E-state index is 0.00439. The summed E-state index contributed by atoms with van der Waals surface area (Å²) < 4.78 is 2.35. The van der Waals surface area contributed by atoms with E-state index in [4.69, 9.17) is 4.98 Å². The van der Waals surface area contributed by atoms with Gasteiger partial charge >= 0.3 is 0 Å². The molecule has 0 fully saturated rings. The Morgan fingerprint density at radius 1 is 1.04 bits per heavy atom. The standard InChI is InChI=1S/C23H31N3OS/c1-2-3-4-5-6-7-10-17-26-20-13-9-8-12-19(20)25-22(26)15-16-24-23(27)21-14-11-18-28-21/h8-9,11-14,18H,2-7,10,15-17H2,1H3,(H,24,27). The van der Waals surface area contributed by atoms with E-state index >= 15 is 0 Å². The highest BCUT2D eigenvalue weighted by Gasteiger charge is 2.11. The Hall–Kier alpha value is -2.14. The van der Waals surface area contributed by atoms with Gasteiger partial charge in [-0.25, -0.2) is 4.98 Å². The van der Waals surface area contributed by atoms with Gasteiger partial charge in [-0.05, 0) is 30.0 Å². The van der Waals surface area contributed by atoms with Crippen molar-refractivity contribution < 1.29 is 4.79 Å². The second-order valence-corrected chi connectivity index (χ2v) is 8.22. The van der Waals surface area contributed by atoms with Crippen LogP contribution in [0.25, 0.3) is 11.0 Å². The number of thiophene rings is 1. The number of rotatable bonds is 12. The quantitative estimate of drug-likeness (QED) is 0.391. The number of hydrogen-bond acceptors (Lipinski definition) is 3. The topological polar surface area (TPSA) is 46.9 Å². The summed E-state index contributed by atoms with van der Waals surface area (Å²) in [7, 11) is 0. The number of imidazole rings is 1. The maximum absolute atomic E-state index is 12.1. The molecular weight excluding hydrogens is 366 g/mol. The van der Waals surface area contributed by atoms with E-state index in [0.717, 1.165) is 29.2 Å². The van der Waals surface area contributed by atoms with Crippen molar-refractivity contribution in [3.05, 3.63) is 52.5 Å². The largest absolute Gasteiger partial charge is 0.351 e. The van der Waals surface area contributed by atoms with Crippen LogP contribution in [-0.4, -0.2) is 22.0 Å². The Labute approximate surface area is 172 Å². The lowest BCUT2D eigenvalue weighted by molar-refractivity contribution is 0.0958. The van der Waals surface area contributed by atoms with E-state index < -0.39 is 0 Å². The van der Waals surface area contributed by atoms with Gasteiger partial charge in [0, 0.05) is 19.5 Å². The van der Waals surface area contributed by atoms with Gasteiger partial charge in [-0.15, -0.1) is 11.3 Å². The van der Waals surface area contributed by atoms with Crippen LogP contribution in [0.4, 0.5) is 0 Å². The first kappa shape index (κ1) is 20.6. The molecule has 3 aromatic rings. The average Bonchev–Trinajstić information content (AvgIpc) is 3.36. The Balaban J connectivity index is 1.55. The Morgan fingerprint density at radius 3 is 2.61 bits per heavy atom. The third-order valence-corrected chi connectivity index (χ3v) is 5.97. The van der Waals surface area contributed by atoms with E-state index in [1.165, 1.54) is 61.8 Å². The number of carbonyl (C=O) groups excluding carboxylic acids is 1. The fourth-order valence-electron chi connectivity index (χ4n) is 3.58. The van der Waals surface area contributed by atoms with Crippen molar-refractivity contribution in [2.24, 2.45) is 0 Å². The molecule has 0 unspecified atom stereocenters. The molecule has 0 aliphatic heterocycles. The lowest BCUT2D eigenvalue weighted by atomic mass is 10.1. The van der Waals surface area contributed by atoms with Crippen molar-refractivity contribution in [3.8, 4) is 0 Å². The van der Waals surface area contributed by atoms with Crippen LogP contribution in [0, 0.1) is 0 Å². The highest BCUT2D eigenvalue weighted by molar-refractivity contribution is 7.12. The lowest BCUT2D eigenvalue weighted by Crippen LogP contribution is -2.25. The van der Waals surface area contributed by atoms with Gasteiger partial charge in [-0.3, -0.25) is 4.79 Å². The number of nitrogens with zero attached hydrogens (tertiary/aromatic N) is 2. The summed E-state index contributed by atoms with van der Waals surface area (Å²) in [5.74, 6) is 1.07. The summed E-state index contributed by atoms with van der Waals surface area (Å²) in [5.41, 5.74) is 2.25. The molecule has 3 rings (SSSR count). The summed E-state index contributed by atoms with van der Waals surface area (Å²) in [4.78, 5) is 17.7. The summed E-state index contributed by atoms with van der Waals surface area (Å²) in [6.07, 6.45) is 9.88. The maximum atomic E-state index is 12.1. The van der Waals surface area contributed by atoms with E-state index in [1.54, 1.807) is 0 Å². The fourth-order valence-corrected chi connectivity index (χ4v) is 4.22. The molecule has 0 bridgehead atoms. The molecule has 0 radical (unpaired) electrons. The molecule has 28 heavy (non-hydrogen) atoms. The first-order chi connectivity index (χ1) is 13.8. The molecule has 0 aliphatic carbocycles. The molecular formula is C23H31N3OS. The Kier molecular flexibility index (Phi) is 8.09. The fraction of sp³-hybridized carbons (Fsp3) is 0.478. The minimum atomic E-state index is 0.00439. The van der Waals surface area contributed by atoms with Crippen molar-refractivity contribution in [3.63, 3.8) is 0 Å². The number of unbranched alkanes of at least 4 members (excludes halogenated alkanes) is 6. The predicted molar refractivity (Wildman–Crippen MR) is 118 cm³/mol. The van der Waals surface area contributed by atoms with Crippen LogP contribution >= 0.6 is 11.3 Å². The predicted octanol–water partition coefficient (Wildman–Crippen LogP) is 5.82. The van der Waals surface area contributed by atoms with Crippen LogP contribution in [0.15, 0.2) is 41.8 Å². The highest BCUT2D eigenvalue weighted by Crippen LogP contribution is 2.18. The summed E-state index contributed by atoms with van der Waals surface area (Å²) in [6, 6.07) is 12.1. The smallest absolute Gasteiger partial charge is 0.261 e. The molecule has 1 N–H and O–H groups in total. The zero-order chi connectivity index (χ0) is 19.6. The summed E-state index contributed by atoms with van der Waals surface area (Å²) in [5, 5.41) is 4.95. The normalized spacial score (nSPS) is 11.2. The number of fused-ring (bicyclic) bond motifs is 1. The van der Waals surface area contributed by atoms with Crippen LogP contribution in [0.3, 0.4) is 0 Å². The average molecular weight is 398 g/mol. The van der Waals surface area contributed by atoms with Crippen molar-refractivity contribution in [2.75, 3.05) is 6.54 Å². The van der Waals surface area contributed by atoms with E-state index in [-0.39, 0.29) is 5.91 Å². The molecule has 150 valence electrons. The maximum Gasteiger partial charge on any atom is 0.261 e. The first-order valence-corrected chi connectivity index (χ1v) is 11.4. The number of benzene rings is 1. The van der Waals surface area contributed by atoms with Gasteiger partial charge in [0.25, 0.3) is 5.91 Å². The monoisotopic (exact) mass is 397 g/mol. The molecule has 0 atom stereocenters. The van der Waals surface area contributed by atoms with Gasteiger partial charge in [0.1, 0.15) is 5.82 Å². The summed E-state index contributed by atoms with van der Waals surface area (Å²) in [6.45, 7) is 3.87. The van der Waals surface area contributed by atoms with Crippen molar-refractivity contribution in [1.82, 2.24) is 14.9 Å². The van der Waals surface area contributed by atoms with Gasteiger partial charge < -0.3 is 9.88 Å². The van der Waals surface area contributed by atoms with E-state index in [9.17, 15) is 4.79 Å². The molecule has 1 amide bonds. The van der Waals surface area contributed by atoms with E-state index in [2.05, 4.69) is 35.0 Å². The number of nitrogens with one attached hydrogen (secondary N) is 1. The number of para-hydroxylation sites is 2. The molecule has 0 saturated heterocycles. The molecule has 4 nitrogen and oxygen atoms in total. The molecule has 0 saturated carbocycles. The summed E-state index contributed by atoms with van der Waals surface area (Å²) >= 11 is 1.47. The second kappa shape index (κ2) is 11.0. The van der Waals surface area contributed by atoms with E-state index in [1.807, 2.05) is 23.6 Å². The number of hydrogen-bond donors (Lipinski definition) is 1. The van der Waals surface area contributed by atoms with Crippen LogP contribution in [0.1, 0.15) is 67.4 Å². The zero-order valence-electron chi connectivity index (χ0n) is 16.8. The SMILES string of the molecule is CCCCCCCCCn1c(CCNC(=O)c2cccs2)nc2ccccc21. The van der Waals surface area contributed by atoms with Crippen LogP contribution in [0.2, 0.25) is 0 Å². The van der Waals surface area contributed by atoms with Gasteiger partial charge in [-0.1, -0.05) is 63.6 Å². The number of amides is 1. The molecule has 2 heterocycles. The Bertz CT molecular complexity index is 854. The third kappa shape index (κ3) is 5.68. The van der Waals surface area contributed by atoms with E-state index in [0.29, 0.717) is 6.54 Å². The lowest BCUT2D eigenvalue weighted by Gasteiger charge is -2.10. The van der Waals surface area contributed by atoms with Crippen LogP contribution in [-0.2, 0) is 13.0 Å². The second-order valence-electron chi connectivity index (χ2n) is 7.27. The molecule has 5 heteroatoms.